The van der Waals surface area contributed by atoms with Crippen LogP contribution in [0.4, 0.5) is 5.13 Å². The van der Waals surface area contributed by atoms with E-state index in [2.05, 4.69) is 15.6 Å². The highest BCUT2D eigenvalue weighted by molar-refractivity contribution is 7.80. The maximum Gasteiger partial charge on any atom is 0.264 e. The molecule has 1 aromatic heterocycles. The molecule has 0 aliphatic heterocycles. The van der Waals surface area contributed by atoms with Crippen molar-refractivity contribution < 1.29 is 14.3 Å². The van der Waals surface area contributed by atoms with E-state index in [-0.39, 0.29) is 17.6 Å². The molecule has 2 aromatic carbocycles. The molecule has 3 rings (SSSR count). The number of hydrogen-bond donors (Lipinski definition) is 2. The van der Waals surface area contributed by atoms with E-state index in [0.29, 0.717) is 27.2 Å². The van der Waals surface area contributed by atoms with Crippen molar-refractivity contribution in [2.24, 2.45) is 0 Å². The molecule has 0 aliphatic carbocycles. The molecule has 3 aromatic rings. The van der Waals surface area contributed by atoms with Crippen LogP contribution >= 0.6 is 35.2 Å². The van der Waals surface area contributed by atoms with Crippen LogP contribution in [-0.2, 0) is 4.79 Å². The summed E-state index contributed by atoms with van der Waals surface area (Å²) in [6.45, 7) is -0.140. The minimum Gasteiger partial charge on any atom is -0.495 e. The summed E-state index contributed by atoms with van der Waals surface area (Å²) < 4.78 is 11.4. The SMILES string of the molecule is COc1cc2sc(NC(=S)NC(=O)COc3ccccc3)nc2cc1Cl. The molecule has 1 amide bonds. The molecule has 2 N–H and O–H groups in total. The third-order valence-electron chi connectivity index (χ3n) is 3.25. The molecule has 0 saturated heterocycles. The van der Waals surface area contributed by atoms with E-state index in [1.54, 1.807) is 31.4 Å². The minimum atomic E-state index is -0.364. The summed E-state index contributed by atoms with van der Waals surface area (Å²) >= 11 is 12.6. The van der Waals surface area contributed by atoms with Crippen molar-refractivity contribution in [3.8, 4) is 11.5 Å². The van der Waals surface area contributed by atoms with Crippen LogP contribution in [0.1, 0.15) is 0 Å². The van der Waals surface area contributed by atoms with Crippen LogP contribution in [0.2, 0.25) is 5.02 Å². The van der Waals surface area contributed by atoms with Gasteiger partial charge in [0.1, 0.15) is 11.5 Å². The number of amides is 1. The van der Waals surface area contributed by atoms with Gasteiger partial charge in [0.25, 0.3) is 5.91 Å². The van der Waals surface area contributed by atoms with Crippen molar-refractivity contribution in [2.75, 3.05) is 19.0 Å². The number of carbonyl (C=O) groups excluding carboxylic acids is 1. The van der Waals surface area contributed by atoms with Gasteiger partial charge in [-0.3, -0.25) is 10.1 Å². The Labute approximate surface area is 164 Å². The summed E-state index contributed by atoms with van der Waals surface area (Å²) in [6.07, 6.45) is 0. The van der Waals surface area contributed by atoms with E-state index >= 15 is 0 Å². The van der Waals surface area contributed by atoms with Crippen LogP contribution < -0.4 is 20.1 Å². The molecule has 0 unspecified atom stereocenters. The van der Waals surface area contributed by atoms with Gasteiger partial charge in [0.05, 0.1) is 22.3 Å². The van der Waals surface area contributed by atoms with Gasteiger partial charge in [0.2, 0.25) is 0 Å². The summed E-state index contributed by atoms with van der Waals surface area (Å²) in [5.41, 5.74) is 0.713. The molecule has 0 fully saturated rings. The first-order valence-electron chi connectivity index (χ1n) is 7.48. The van der Waals surface area contributed by atoms with Gasteiger partial charge in [0.15, 0.2) is 16.9 Å². The molecule has 0 saturated carbocycles. The number of thiocarbonyl (C=S) groups is 1. The first kappa shape index (κ1) is 18.4. The number of nitrogens with one attached hydrogen (secondary N) is 2. The second-order valence-electron chi connectivity index (χ2n) is 5.08. The van der Waals surface area contributed by atoms with Crippen molar-refractivity contribution in [2.45, 2.75) is 0 Å². The number of para-hydroxylation sites is 1. The number of methoxy groups -OCH3 is 1. The number of thiazole rings is 1. The Morgan fingerprint density at radius 2 is 2.08 bits per heavy atom. The number of anilines is 1. The van der Waals surface area contributed by atoms with Crippen molar-refractivity contribution in [1.29, 1.82) is 0 Å². The zero-order valence-electron chi connectivity index (χ0n) is 13.6. The average Bonchev–Trinajstić information content (AvgIpc) is 3.00. The number of halogens is 1. The zero-order valence-corrected chi connectivity index (χ0v) is 16.0. The lowest BCUT2D eigenvalue weighted by molar-refractivity contribution is -0.121. The predicted octanol–water partition coefficient (Wildman–Crippen LogP) is 3.85. The Balaban J connectivity index is 1.57. The van der Waals surface area contributed by atoms with Gasteiger partial charge in [0, 0.05) is 6.07 Å². The minimum absolute atomic E-state index is 0.140. The summed E-state index contributed by atoms with van der Waals surface area (Å²) in [7, 11) is 1.55. The number of carbonyl (C=O) groups is 1. The standard InChI is InChI=1S/C17H14ClN3O3S2/c1-23-13-8-14-12(7-11(13)18)19-17(26-14)21-16(25)20-15(22)9-24-10-5-3-2-4-6-10/h2-8H,9H2,1H3,(H2,19,20,21,22,25). The monoisotopic (exact) mass is 407 g/mol. The molecular formula is C17H14ClN3O3S2. The van der Waals surface area contributed by atoms with Crippen LogP contribution in [0.15, 0.2) is 42.5 Å². The van der Waals surface area contributed by atoms with Gasteiger partial charge in [-0.15, -0.1) is 0 Å². The van der Waals surface area contributed by atoms with Gasteiger partial charge in [-0.25, -0.2) is 4.98 Å². The first-order valence-corrected chi connectivity index (χ1v) is 9.08. The molecule has 0 bridgehead atoms. The normalized spacial score (nSPS) is 10.4. The molecule has 0 aliphatic rings. The number of rotatable bonds is 5. The van der Waals surface area contributed by atoms with E-state index in [9.17, 15) is 4.79 Å². The Morgan fingerprint density at radius 3 is 2.81 bits per heavy atom. The molecule has 134 valence electrons. The molecule has 6 nitrogen and oxygen atoms in total. The molecule has 26 heavy (non-hydrogen) atoms. The van der Waals surface area contributed by atoms with Crippen LogP contribution in [-0.4, -0.2) is 29.7 Å². The van der Waals surface area contributed by atoms with Crippen molar-refractivity contribution >= 4 is 61.5 Å². The summed E-state index contributed by atoms with van der Waals surface area (Å²) in [6, 6.07) is 12.6. The fourth-order valence-electron chi connectivity index (χ4n) is 2.10. The lowest BCUT2D eigenvalue weighted by Crippen LogP contribution is -2.37. The quantitative estimate of drug-likeness (QED) is 0.626. The Bertz CT molecular complexity index is 947. The molecular weight excluding hydrogens is 394 g/mol. The second kappa shape index (κ2) is 8.31. The summed E-state index contributed by atoms with van der Waals surface area (Å²) in [5.74, 6) is 0.819. The maximum atomic E-state index is 11.9. The third kappa shape index (κ3) is 4.60. The van der Waals surface area contributed by atoms with Crippen LogP contribution in [0, 0.1) is 0 Å². The topological polar surface area (TPSA) is 72.5 Å². The van der Waals surface area contributed by atoms with E-state index in [1.165, 1.54) is 11.3 Å². The van der Waals surface area contributed by atoms with E-state index in [0.717, 1.165) is 4.70 Å². The largest absolute Gasteiger partial charge is 0.495 e. The number of nitrogens with zero attached hydrogens (tertiary/aromatic N) is 1. The van der Waals surface area contributed by atoms with Crippen molar-refractivity contribution in [1.82, 2.24) is 10.3 Å². The highest BCUT2D eigenvalue weighted by Gasteiger charge is 2.11. The second-order valence-corrected chi connectivity index (χ2v) is 6.92. The Morgan fingerprint density at radius 1 is 1.31 bits per heavy atom. The lowest BCUT2D eigenvalue weighted by Gasteiger charge is -2.08. The van der Waals surface area contributed by atoms with Gasteiger partial charge in [-0.2, -0.15) is 0 Å². The molecule has 1 heterocycles. The van der Waals surface area contributed by atoms with Gasteiger partial charge < -0.3 is 14.8 Å². The van der Waals surface area contributed by atoms with E-state index in [4.69, 9.17) is 33.3 Å². The molecule has 0 spiro atoms. The van der Waals surface area contributed by atoms with Crippen LogP contribution in [0.3, 0.4) is 0 Å². The maximum absolute atomic E-state index is 11.9. The third-order valence-corrected chi connectivity index (χ3v) is 4.68. The summed E-state index contributed by atoms with van der Waals surface area (Å²) in [4.78, 5) is 16.3. The zero-order chi connectivity index (χ0) is 18.5. The smallest absolute Gasteiger partial charge is 0.264 e. The van der Waals surface area contributed by atoms with E-state index < -0.39 is 0 Å². The van der Waals surface area contributed by atoms with Gasteiger partial charge >= 0.3 is 0 Å². The Kier molecular flexibility index (Phi) is 5.87. The fraction of sp³-hybridized carbons (Fsp3) is 0.118. The predicted molar refractivity (Wildman–Crippen MR) is 107 cm³/mol. The van der Waals surface area contributed by atoms with Gasteiger partial charge in [-0.1, -0.05) is 41.1 Å². The molecule has 0 atom stereocenters. The van der Waals surface area contributed by atoms with E-state index in [1.807, 2.05) is 18.2 Å². The first-order chi connectivity index (χ1) is 12.5. The Hall–Kier alpha value is -2.42. The molecule has 9 heteroatoms. The number of hydrogen-bond acceptors (Lipinski definition) is 6. The highest BCUT2D eigenvalue weighted by atomic mass is 35.5. The summed E-state index contributed by atoms with van der Waals surface area (Å²) in [5, 5.41) is 6.59. The number of fused-ring (bicyclic) bond motifs is 1. The van der Waals surface area contributed by atoms with Crippen LogP contribution in [0.25, 0.3) is 10.2 Å². The molecule has 0 radical (unpaired) electrons. The highest BCUT2D eigenvalue weighted by Crippen LogP contribution is 2.34. The average molecular weight is 408 g/mol. The van der Waals surface area contributed by atoms with Gasteiger partial charge in [-0.05, 0) is 30.4 Å². The van der Waals surface area contributed by atoms with Crippen molar-refractivity contribution in [3.63, 3.8) is 0 Å². The fourth-order valence-corrected chi connectivity index (χ4v) is 3.49. The van der Waals surface area contributed by atoms with Crippen LogP contribution in [0.5, 0.6) is 11.5 Å². The van der Waals surface area contributed by atoms with Crippen molar-refractivity contribution in [3.05, 3.63) is 47.5 Å². The number of ether oxygens (including phenoxy) is 2. The number of aromatic nitrogens is 1. The lowest BCUT2D eigenvalue weighted by atomic mass is 10.3. The number of benzene rings is 2.